The van der Waals surface area contributed by atoms with Crippen LogP contribution < -0.4 is 5.32 Å². The van der Waals surface area contributed by atoms with E-state index in [-0.39, 0.29) is 11.9 Å². The number of hydrogen-bond acceptors (Lipinski definition) is 8. The number of aromatic nitrogens is 1. The number of nitrogens with zero attached hydrogens (tertiary/aromatic N) is 5. The summed E-state index contributed by atoms with van der Waals surface area (Å²) in [6.07, 6.45) is 8.04. The molecular weight excluding hydrogens is 839 g/mol. The van der Waals surface area contributed by atoms with E-state index in [9.17, 15) is 32.3 Å². The second-order valence-electron chi connectivity index (χ2n) is 18.1. The number of para-hydroxylation sites is 1. The van der Waals surface area contributed by atoms with Gasteiger partial charge in [0.05, 0.1) is 12.4 Å². The van der Waals surface area contributed by atoms with Crippen molar-refractivity contribution in [2.45, 2.75) is 96.9 Å². The summed E-state index contributed by atoms with van der Waals surface area (Å²) < 4.78 is 39.4. The molecule has 8 rings (SSSR count). The van der Waals surface area contributed by atoms with E-state index in [1.165, 1.54) is 41.2 Å². The highest BCUT2D eigenvalue weighted by atomic mass is 31.0. The lowest BCUT2D eigenvalue weighted by Crippen LogP contribution is -2.58. The fourth-order valence-electron chi connectivity index (χ4n) is 10.1. The molecule has 3 fully saturated rings. The molecule has 5 aliphatic heterocycles. The molecule has 0 bridgehead atoms. The molecule has 2 N–H and O–H groups in total. The first-order valence-corrected chi connectivity index (χ1v) is 22.7. The van der Waals surface area contributed by atoms with Crippen LogP contribution in [0.5, 0.6) is 0 Å². The molecule has 3 unspecified atom stereocenters. The van der Waals surface area contributed by atoms with E-state index in [1.54, 1.807) is 6.07 Å². The van der Waals surface area contributed by atoms with Gasteiger partial charge in [-0.15, -0.1) is 0 Å². The van der Waals surface area contributed by atoms with Crippen molar-refractivity contribution in [1.82, 2.24) is 34.8 Å². The van der Waals surface area contributed by atoms with Crippen LogP contribution >= 0.6 is 9.24 Å². The lowest BCUT2D eigenvalue weighted by molar-refractivity contribution is -0.131. The Morgan fingerprint density at radius 2 is 1.75 bits per heavy atom. The fourth-order valence-corrected chi connectivity index (χ4v) is 10.3. The third-order valence-electron chi connectivity index (χ3n) is 13.2. The number of alkyl halides is 1. The largest absolute Gasteiger partial charge is 0.371 e. The highest BCUT2D eigenvalue weighted by molar-refractivity contribution is 7.17. The molecule has 3 saturated heterocycles. The summed E-state index contributed by atoms with van der Waals surface area (Å²) in [5.41, 5.74) is 8.67. The molecule has 11 nitrogen and oxygen atoms in total. The average molecular weight is 902 g/mol. The number of aryl methyl sites for hydroxylation is 1. The van der Waals surface area contributed by atoms with Gasteiger partial charge in [0, 0.05) is 91.5 Å². The number of rotatable bonds is 10. The van der Waals surface area contributed by atoms with E-state index in [2.05, 4.69) is 92.6 Å². The molecule has 6 heterocycles. The number of imide groups is 1. The zero-order chi connectivity index (χ0) is 46.5. The number of aromatic amines is 1. The summed E-state index contributed by atoms with van der Waals surface area (Å²) in [5, 5.41) is 3.92. The van der Waals surface area contributed by atoms with Gasteiger partial charge in [0.1, 0.15) is 24.1 Å². The van der Waals surface area contributed by atoms with Gasteiger partial charge in [-0.25, -0.2) is 13.2 Å². The van der Waals surface area contributed by atoms with Crippen LogP contribution in [0.15, 0.2) is 84.8 Å². The standard InChI is InChI=1S/C19H21N3O4.C15H22F2N2.C15H20FN2P/c1-12-7-14-9-21(5-6-23)10-15(14)8-16(12)19(26)22(11-24)17-4-3-13(2)20-18(17)25;1-12(16)8-14(9-13(2)17)19-6-4-15(5-7-19)10-18(3)11-15;1-9-7-12-11-5-3-4-6-13(11)17-15(12)10(2)18(9)8-14(16)19/h6-8,11,17H,2-5,9-10H2,1H3,(H,20,25);8-9H,1,4-7,10-11H2,2-3H3;3-6,9-10,14,17H,7-8,19H2,1-2H3/b;13-9+,14-8+;/t;;9-,10-,14?/m..1/s1. The number of aldehydes is 1. The van der Waals surface area contributed by atoms with Gasteiger partial charge in [0.2, 0.25) is 12.3 Å². The molecule has 0 radical (unpaired) electrons. The number of piperidine rings is 2. The third-order valence-corrected chi connectivity index (χ3v) is 13.4. The molecule has 64 heavy (non-hydrogen) atoms. The summed E-state index contributed by atoms with van der Waals surface area (Å²) in [6, 6.07) is 11.9. The van der Waals surface area contributed by atoms with E-state index < -0.39 is 29.6 Å². The zero-order valence-corrected chi connectivity index (χ0v) is 38.9. The van der Waals surface area contributed by atoms with Crippen molar-refractivity contribution in [3.63, 3.8) is 0 Å². The van der Waals surface area contributed by atoms with Crippen molar-refractivity contribution >= 4 is 44.7 Å². The molecule has 1 aromatic heterocycles. The first-order chi connectivity index (χ1) is 30.4. The summed E-state index contributed by atoms with van der Waals surface area (Å²) in [7, 11) is 4.38. The van der Waals surface area contributed by atoms with Crippen LogP contribution in [0.25, 0.3) is 10.9 Å². The minimum Gasteiger partial charge on any atom is -0.371 e. The minimum absolute atomic E-state index is 0.241. The zero-order valence-electron chi connectivity index (χ0n) is 37.8. The van der Waals surface area contributed by atoms with Gasteiger partial charge < -0.3 is 24.9 Å². The van der Waals surface area contributed by atoms with Crippen LogP contribution in [0.1, 0.15) is 90.8 Å². The minimum atomic E-state index is -0.865. The van der Waals surface area contributed by atoms with Gasteiger partial charge in [-0.2, -0.15) is 0 Å². The number of benzene rings is 2. The van der Waals surface area contributed by atoms with E-state index in [4.69, 9.17) is 0 Å². The lowest BCUT2D eigenvalue weighted by Gasteiger charge is -2.53. The molecule has 5 atom stereocenters. The van der Waals surface area contributed by atoms with E-state index in [0.717, 1.165) is 73.3 Å². The predicted molar refractivity (Wildman–Crippen MR) is 249 cm³/mol. The van der Waals surface area contributed by atoms with Crippen LogP contribution in [0, 0.1) is 12.3 Å². The fraction of sp³-hybridized carbons (Fsp3) is 0.469. The molecule has 5 aliphatic rings. The Morgan fingerprint density at radius 1 is 1.08 bits per heavy atom. The van der Waals surface area contributed by atoms with E-state index in [1.807, 2.05) is 17.9 Å². The molecular formula is C49H63F3N7O4P. The summed E-state index contributed by atoms with van der Waals surface area (Å²) in [4.78, 5) is 60.5. The number of fused-ring (bicyclic) bond motifs is 4. The maximum Gasteiger partial charge on any atom is 0.261 e. The number of likely N-dealkylation sites (tertiary alicyclic amines) is 2. The summed E-state index contributed by atoms with van der Waals surface area (Å²) >= 11 is 0. The van der Waals surface area contributed by atoms with Crippen LogP contribution in [0.4, 0.5) is 13.2 Å². The predicted octanol–water partition coefficient (Wildman–Crippen LogP) is 7.80. The number of carbonyl (C=O) groups excluding carboxylic acids is 4. The smallest absolute Gasteiger partial charge is 0.261 e. The molecule has 2 aromatic carbocycles. The van der Waals surface area contributed by atoms with Crippen molar-refractivity contribution in [2.75, 3.05) is 46.3 Å². The highest BCUT2D eigenvalue weighted by Gasteiger charge is 2.43. The molecule has 0 saturated carbocycles. The number of halogens is 3. The van der Waals surface area contributed by atoms with E-state index in [0.29, 0.717) is 73.8 Å². The molecule has 15 heteroatoms. The quantitative estimate of drug-likeness (QED) is 0.121. The van der Waals surface area contributed by atoms with Crippen molar-refractivity contribution < 1.29 is 32.3 Å². The SMILES string of the molecule is C=C(F)/C=C(\C=C(/C)F)N1CCC2(CC1)CN(C)C2.C=C1CCC(N(C=O)C(=O)c2cc3c(cc2C)CN(CC=O)C3)C(=O)N1.C[C@@H]1Cc2c([nH]c3ccccc23)[C@@H](C)N1CC(F)P. The van der Waals surface area contributed by atoms with Crippen LogP contribution in [0.3, 0.4) is 0 Å². The number of H-pyrrole nitrogens is 1. The van der Waals surface area contributed by atoms with Gasteiger partial charge in [-0.3, -0.25) is 29.1 Å². The third kappa shape index (κ3) is 11.3. The Labute approximate surface area is 377 Å². The van der Waals surface area contributed by atoms with Crippen molar-refractivity contribution in [2.24, 2.45) is 5.41 Å². The second kappa shape index (κ2) is 21.0. The van der Waals surface area contributed by atoms with Crippen molar-refractivity contribution in [1.29, 1.82) is 0 Å². The summed E-state index contributed by atoms with van der Waals surface area (Å²) in [5.74, 6) is -2.58. The average Bonchev–Trinajstić information content (AvgIpc) is 3.80. The number of hydrogen-bond donors (Lipinski definition) is 2. The molecule has 0 aliphatic carbocycles. The van der Waals surface area contributed by atoms with E-state index >= 15 is 0 Å². The van der Waals surface area contributed by atoms with Crippen LogP contribution in [0.2, 0.25) is 0 Å². The monoisotopic (exact) mass is 901 g/mol. The van der Waals surface area contributed by atoms with Crippen LogP contribution in [-0.2, 0) is 33.9 Å². The summed E-state index contributed by atoms with van der Waals surface area (Å²) in [6.45, 7) is 20.5. The number of nitrogens with one attached hydrogen (secondary N) is 2. The molecule has 1 spiro atoms. The topological polar surface area (TPSA) is 112 Å². The first-order valence-electron chi connectivity index (χ1n) is 22.1. The maximum absolute atomic E-state index is 13.3. The van der Waals surface area contributed by atoms with Gasteiger partial charge >= 0.3 is 0 Å². The second-order valence-corrected chi connectivity index (χ2v) is 18.9. The van der Waals surface area contributed by atoms with Crippen molar-refractivity contribution in [3.8, 4) is 0 Å². The maximum atomic E-state index is 13.3. The van der Waals surface area contributed by atoms with Gasteiger partial charge in [0.15, 0.2) is 0 Å². The Hall–Kier alpha value is -4.88. The van der Waals surface area contributed by atoms with Gasteiger partial charge in [-0.05, 0) is 119 Å². The molecule has 3 aromatic rings. The van der Waals surface area contributed by atoms with Crippen LogP contribution in [-0.4, -0.2) is 118 Å². The van der Waals surface area contributed by atoms with Gasteiger partial charge in [0.25, 0.3) is 5.91 Å². The Bertz CT molecular complexity index is 2310. The Morgan fingerprint density at radius 3 is 2.34 bits per heavy atom. The highest BCUT2D eigenvalue weighted by Crippen LogP contribution is 2.41. The molecule has 3 amide bonds. The molecule has 344 valence electrons. The number of allylic oxidation sites excluding steroid dienone is 5. The lowest BCUT2D eigenvalue weighted by atomic mass is 9.72. The van der Waals surface area contributed by atoms with Gasteiger partial charge in [-0.1, -0.05) is 46.7 Å². The number of amides is 3. The Balaban J connectivity index is 0.000000162. The Kier molecular flexibility index (Phi) is 15.9. The normalized spacial score (nSPS) is 22.8. The number of carbonyl (C=O) groups is 4. The van der Waals surface area contributed by atoms with Crippen molar-refractivity contribution in [3.05, 3.63) is 118 Å². The first kappa shape index (κ1) is 48.6.